The minimum atomic E-state index is -2.77. The molecule has 0 aromatic rings. The Morgan fingerprint density at radius 1 is 0.417 bits per heavy atom. The van der Waals surface area contributed by atoms with Gasteiger partial charge >= 0.3 is 77.0 Å². The molecule has 0 saturated heterocycles. The van der Waals surface area contributed by atoms with Crippen LogP contribution in [0.3, 0.4) is 0 Å². The summed E-state index contributed by atoms with van der Waals surface area (Å²) in [7, 11) is -27.1. The van der Waals surface area contributed by atoms with Crippen LogP contribution in [0.25, 0.3) is 0 Å². The van der Waals surface area contributed by atoms with Gasteiger partial charge in [0.25, 0.3) is 11.8 Å². The largest absolute Gasteiger partial charge is 0.435 e. The summed E-state index contributed by atoms with van der Waals surface area (Å²) in [6.07, 6.45) is 2.85. The Kier molecular flexibility index (Phi) is 15.1. The lowest BCUT2D eigenvalue weighted by Gasteiger charge is -2.44. The van der Waals surface area contributed by atoms with Crippen molar-refractivity contribution in [2.75, 3.05) is 6.17 Å². The van der Waals surface area contributed by atoms with Crippen LogP contribution in [0.1, 0.15) is 0 Å². The Labute approximate surface area is 301 Å². The molecule has 0 spiro atoms. The zero-order valence-corrected chi connectivity index (χ0v) is 43.2. The zero-order valence-electron chi connectivity index (χ0n) is 33.2. The third-order valence-electron chi connectivity index (χ3n) is 5.90. The minimum absolute atomic E-state index is 0.261. The number of imide groups is 1. The fourth-order valence-electron chi connectivity index (χ4n) is 6.58. The van der Waals surface area contributed by atoms with E-state index in [0.29, 0.717) is 0 Å². The van der Waals surface area contributed by atoms with E-state index < -0.39 is 85.4 Å². The lowest BCUT2D eigenvalue weighted by atomic mass is 10.6. The molecule has 1 rings (SSSR count). The van der Waals surface area contributed by atoms with Crippen molar-refractivity contribution in [3.63, 3.8) is 0 Å². The van der Waals surface area contributed by atoms with Gasteiger partial charge in [0.1, 0.15) is 0 Å². The van der Waals surface area contributed by atoms with Gasteiger partial charge in [-0.2, -0.15) is 0 Å². The van der Waals surface area contributed by atoms with E-state index in [9.17, 15) is 14.4 Å². The van der Waals surface area contributed by atoms with E-state index in [2.05, 4.69) is 0 Å². The molecule has 0 saturated carbocycles. The average molecular weight is 853 g/mol. The van der Waals surface area contributed by atoms with Crippen molar-refractivity contribution in [3.8, 4) is 0 Å². The van der Waals surface area contributed by atoms with Gasteiger partial charge in [-0.05, 0) is 131 Å². The second-order valence-corrected chi connectivity index (χ2v) is 53.4. The normalized spacial score (nSPS) is 16.8. The average Bonchev–Trinajstić information content (AvgIpc) is 2.95. The smallest absolute Gasteiger partial charge is 0.320 e. The summed E-state index contributed by atoms with van der Waals surface area (Å²) < 4.78 is 59.0. The maximum Gasteiger partial charge on any atom is 0.320 e. The first-order valence-electron chi connectivity index (χ1n) is 16.3. The van der Waals surface area contributed by atoms with Gasteiger partial charge in [0, 0.05) is 18.3 Å². The first-order chi connectivity index (χ1) is 20.8. The summed E-state index contributed by atoms with van der Waals surface area (Å²) >= 11 is 0. The van der Waals surface area contributed by atoms with E-state index in [0.717, 1.165) is 0 Å². The number of hydrogen-bond acceptors (Lipinski definition) is 12. The summed E-state index contributed by atoms with van der Waals surface area (Å²) in [4.78, 5) is 35.8. The molecule has 1 aliphatic rings. The van der Waals surface area contributed by atoms with E-state index >= 15 is 0 Å². The van der Waals surface area contributed by atoms with Crippen molar-refractivity contribution in [1.82, 2.24) is 4.90 Å². The highest BCUT2D eigenvalue weighted by Gasteiger charge is 2.50. The van der Waals surface area contributed by atoms with Gasteiger partial charge in [0.05, 0.1) is 0 Å². The molecule has 1 N–H and O–H groups in total. The van der Waals surface area contributed by atoms with Crippen molar-refractivity contribution in [3.05, 3.63) is 12.2 Å². The van der Waals surface area contributed by atoms with Gasteiger partial charge in [-0.25, -0.2) is 0 Å². The topological polar surface area (TPSA) is 141 Å². The highest BCUT2D eigenvalue weighted by molar-refractivity contribution is 6.93. The van der Waals surface area contributed by atoms with Crippen molar-refractivity contribution < 1.29 is 51.4 Å². The molecule has 0 unspecified atom stereocenters. The summed E-state index contributed by atoms with van der Waals surface area (Å²) in [6, 6.07) is 0. The van der Waals surface area contributed by atoms with Gasteiger partial charge in [-0.15, -0.1) is 0 Å². The van der Waals surface area contributed by atoms with Gasteiger partial charge in [-0.1, -0.05) is 0 Å². The lowest BCUT2D eigenvalue weighted by molar-refractivity contribution is -0.136. The molecule has 2 amide bonds. The highest BCUT2D eigenvalue weighted by Crippen LogP contribution is 2.30. The van der Waals surface area contributed by atoms with Crippen LogP contribution in [0.2, 0.25) is 131 Å². The molecule has 0 fully saturated rings. The Morgan fingerprint density at radius 2 is 0.625 bits per heavy atom. The third-order valence-corrected chi connectivity index (χ3v) is 42.6. The molecule has 0 atom stereocenters. The van der Waals surface area contributed by atoms with E-state index in [1.165, 1.54) is 17.1 Å². The predicted octanol–water partition coefficient (Wildman–Crippen LogP) is 6.11. The van der Waals surface area contributed by atoms with E-state index in [1.54, 1.807) is 13.1 Å². The molecule has 0 aromatic heterocycles. The van der Waals surface area contributed by atoms with Crippen LogP contribution >= 0.6 is 0 Å². The van der Waals surface area contributed by atoms with Gasteiger partial charge < -0.3 is 41.8 Å². The molecule has 0 radical (unpaired) electrons. The first kappa shape index (κ1) is 46.7. The van der Waals surface area contributed by atoms with Crippen molar-refractivity contribution in [2.24, 2.45) is 0 Å². The molecule has 0 aliphatic carbocycles. The van der Waals surface area contributed by atoms with Crippen LogP contribution in [0.4, 0.5) is 0 Å². The predicted molar refractivity (Wildman–Crippen MR) is 213 cm³/mol. The summed E-state index contributed by atoms with van der Waals surface area (Å²) in [5.41, 5.74) is 0. The number of amides is 2. The van der Waals surface area contributed by atoms with Crippen molar-refractivity contribution in [1.29, 1.82) is 0 Å². The molecule has 48 heavy (non-hydrogen) atoms. The van der Waals surface area contributed by atoms with Crippen LogP contribution in [-0.4, -0.2) is 113 Å². The molecule has 1 aliphatic heterocycles. The van der Waals surface area contributed by atoms with Crippen LogP contribution in [0.15, 0.2) is 12.2 Å². The number of hydrogen-bond donors (Lipinski definition) is 1. The Hall–Kier alpha value is 0.649. The maximum atomic E-state index is 12.1. The fraction of sp³-hybridized carbons (Fsp3) is 0.840. The molecule has 23 heteroatoms. The second-order valence-electron chi connectivity index (χ2n) is 16.9. The van der Waals surface area contributed by atoms with Gasteiger partial charge in [0.15, 0.2) is 8.32 Å². The Morgan fingerprint density at radius 3 is 0.854 bits per heavy atom. The maximum absolute atomic E-state index is 12.1. The van der Waals surface area contributed by atoms with Crippen LogP contribution in [0, 0.1) is 0 Å². The number of carbonyl (C=O) groups is 2. The van der Waals surface area contributed by atoms with Crippen LogP contribution < -0.4 is 0 Å². The molecule has 282 valence electrons. The lowest BCUT2D eigenvalue weighted by Crippen LogP contribution is -2.62. The second kappa shape index (κ2) is 15.6. The molecule has 1 heterocycles. The summed E-state index contributed by atoms with van der Waals surface area (Å²) in [5, 5.41) is 0. The third kappa shape index (κ3) is 18.4. The zero-order chi connectivity index (χ0) is 38.2. The first-order valence-corrected chi connectivity index (χ1v) is 44.8. The number of carbonyl (C=O) groups excluding carboxylic acids is 2. The standard InChI is InChI=1S/C25H65NO12Si10/c1-39(2,23-26-24(27)21-22-25(26)28)30-41(5,6)32-43(9,10)34-45(13,14)36-47(17,18)38-48(19,20)37-46(15,16)35-44(11,12)33-42(7,8)31-40(3,4)29/h21-22,29H,23H2,1-20H3. The van der Waals surface area contributed by atoms with E-state index in [-0.39, 0.29) is 18.0 Å². The Balaban J connectivity index is 2.89. The molecular formula is C25H65NO12Si10. The van der Waals surface area contributed by atoms with E-state index in [4.69, 9.17) is 37.0 Å². The van der Waals surface area contributed by atoms with Crippen LogP contribution in [0.5, 0.6) is 0 Å². The summed E-state index contributed by atoms with van der Waals surface area (Å²) in [5.74, 6) is -0.617. The summed E-state index contributed by atoms with van der Waals surface area (Å²) in [6.45, 7) is 39.2. The number of nitrogens with zero attached hydrogens (tertiary/aromatic N) is 1. The Bertz CT molecular complexity index is 1170. The quantitative estimate of drug-likeness (QED) is 0.112. The number of rotatable bonds is 20. The SMILES string of the molecule is C[Si](C)(O)O[Si](C)(C)O[Si](C)(C)O[Si](C)(C)O[Si](C)(C)O[Si](C)(C)O[Si](C)(C)O[Si](C)(C)O[Si](C)(C)O[Si](C)(C)CN1C(=O)C=CC1=O. The van der Waals surface area contributed by atoms with E-state index in [1.807, 2.05) is 118 Å². The molecule has 0 bridgehead atoms. The molecule has 13 nitrogen and oxygen atoms in total. The highest BCUT2D eigenvalue weighted by atomic mass is 28.5. The monoisotopic (exact) mass is 851 g/mol. The van der Waals surface area contributed by atoms with Crippen molar-refractivity contribution >= 4 is 97.2 Å². The van der Waals surface area contributed by atoms with Gasteiger partial charge in [-0.3, -0.25) is 14.5 Å². The molecule has 0 aromatic carbocycles. The van der Waals surface area contributed by atoms with Gasteiger partial charge in [0.2, 0.25) is 0 Å². The molecular weight excluding hydrogens is 787 g/mol. The van der Waals surface area contributed by atoms with Crippen molar-refractivity contribution in [2.45, 2.75) is 131 Å². The fourth-order valence-corrected chi connectivity index (χ4v) is 55.5. The minimum Gasteiger partial charge on any atom is -0.435 e. The van der Waals surface area contributed by atoms with Crippen LogP contribution in [-0.2, 0) is 46.6 Å².